The van der Waals surface area contributed by atoms with Gasteiger partial charge in [0.25, 0.3) is 5.56 Å². The van der Waals surface area contributed by atoms with Crippen LogP contribution in [-0.2, 0) is 0 Å². The van der Waals surface area contributed by atoms with Crippen molar-refractivity contribution in [2.75, 3.05) is 6.61 Å². The number of halogens is 1. The van der Waals surface area contributed by atoms with Crippen molar-refractivity contribution < 1.29 is 4.74 Å². The molecule has 1 aliphatic carbocycles. The van der Waals surface area contributed by atoms with Crippen LogP contribution in [0.1, 0.15) is 19.8 Å². The molecule has 2 rings (SSSR count). The normalized spacial score (nSPS) is 23.6. The van der Waals surface area contributed by atoms with E-state index in [0.717, 1.165) is 12.8 Å². The fourth-order valence-electron chi connectivity index (χ4n) is 1.89. The molecule has 0 aromatic carbocycles. The van der Waals surface area contributed by atoms with E-state index in [4.69, 9.17) is 4.74 Å². The maximum Gasteiger partial charge on any atom is 0.268 e. The zero-order valence-electron chi connectivity index (χ0n) is 9.65. The van der Waals surface area contributed by atoms with Crippen LogP contribution in [0.3, 0.4) is 0 Å². The SMILES string of the molecule is CC1CC=CCC1COc1nc[nH]c(=O)c1Br. The number of H-pyrrole nitrogens is 1. The molecule has 5 heteroatoms. The topological polar surface area (TPSA) is 55.0 Å². The lowest BCUT2D eigenvalue weighted by Crippen LogP contribution is -2.22. The van der Waals surface area contributed by atoms with Crippen LogP contribution < -0.4 is 10.3 Å². The molecule has 1 heterocycles. The maximum atomic E-state index is 11.3. The van der Waals surface area contributed by atoms with Crippen molar-refractivity contribution >= 4 is 15.9 Å². The van der Waals surface area contributed by atoms with Gasteiger partial charge in [-0.25, -0.2) is 4.98 Å². The molecule has 0 bridgehead atoms. The minimum Gasteiger partial charge on any atom is -0.476 e. The highest BCUT2D eigenvalue weighted by molar-refractivity contribution is 9.10. The van der Waals surface area contributed by atoms with Crippen molar-refractivity contribution in [2.45, 2.75) is 19.8 Å². The van der Waals surface area contributed by atoms with Gasteiger partial charge >= 0.3 is 0 Å². The summed E-state index contributed by atoms with van der Waals surface area (Å²) in [4.78, 5) is 17.8. The highest BCUT2D eigenvalue weighted by Crippen LogP contribution is 2.26. The highest BCUT2D eigenvalue weighted by Gasteiger charge is 2.19. The van der Waals surface area contributed by atoms with Crippen molar-refractivity contribution in [1.29, 1.82) is 0 Å². The zero-order valence-corrected chi connectivity index (χ0v) is 11.2. The Balaban J connectivity index is 2.00. The minimum absolute atomic E-state index is 0.216. The summed E-state index contributed by atoms with van der Waals surface area (Å²) >= 11 is 3.18. The number of hydrogen-bond acceptors (Lipinski definition) is 3. The van der Waals surface area contributed by atoms with Gasteiger partial charge in [-0.15, -0.1) is 0 Å². The monoisotopic (exact) mass is 298 g/mol. The molecule has 2 atom stereocenters. The summed E-state index contributed by atoms with van der Waals surface area (Å²) in [6.07, 6.45) is 7.88. The molecule has 1 aliphatic rings. The molecule has 0 saturated carbocycles. The second-order valence-corrected chi connectivity index (χ2v) is 5.13. The number of nitrogens with zero attached hydrogens (tertiary/aromatic N) is 1. The first-order valence-electron chi connectivity index (χ1n) is 5.69. The molecule has 2 unspecified atom stereocenters. The molecule has 0 aliphatic heterocycles. The molecule has 0 saturated heterocycles. The molecule has 1 aromatic rings. The van der Waals surface area contributed by atoms with E-state index in [2.05, 4.69) is 45.0 Å². The molecule has 92 valence electrons. The van der Waals surface area contributed by atoms with Crippen molar-refractivity contribution in [2.24, 2.45) is 11.8 Å². The predicted octanol–water partition coefficient (Wildman–Crippen LogP) is 2.51. The van der Waals surface area contributed by atoms with Crippen LogP contribution in [0.4, 0.5) is 0 Å². The van der Waals surface area contributed by atoms with Crippen LogP contribution in [0.15, 0.2) is 27.7 Å². The van der Waals surface area contributed by atoms with Crippen molar-refractivity contribution in [3.8, 4) is 5.88 Å². The molecular formula is C12H15BrN2O2. The number of aromatic nitrogens is 2. The molecule has 0 amide bonds. The quantitative estimate of drug-likeness (QED) is 0.873. The van der Waals surface area contributed by atoms with Crippen LogP contribution in [0, 0.1) is 11.8 Å². The Bertz CT molecular complexity index is 470. The summed E-state index contributed by atoms with van der Waals surface area (Å²) in [5.41, 5.74) is -0.216. The highest BCUT2D eigenvalue weighted by atomic mass is 79.9. The molecule has 17 heavy (non-hydrogen) atoms. The molecule has 0 spiro atoms. The Morgan fingerprint density at radius 1 is 1.53 bits per heavy atom. The van der Waals surface area contributed by atoms with Gasteiger partial charge in [0.15, 0.2) is 0 Å². The standard InChI is InChI=1S/C12H15BrN2O2/c1-8-4-2-3-5-9(8)6-17-12-10(13)11(16)14-7-15-12/h2-3,7-9H,4-6H2,1H3,(H,14,15,16). The van der Waals surface area contributed by atoms with Crippen LogP contribution in [0.25, 0.3) is 0 Å². The second-order valence-electron chi connectivity index (χ2n) is 4.34. The summed E-state index contributed by atoms with van der Waals surface area (Å²) in [6.45, 7) is 2.82. The number of rotatable bonds is 3. The first-order chi connectivity index (χ1) is 8.18. The number of hydrogen-bond donors (Lipinski definition) is 1. The predicted molar refractivity (Wildman–Crippen MR) is 69.1 cm³/mol. The average molecular weight is 299 g/mol. The second kappa shape index (κ2) is 5.49. The average Bonchev–Trinajstić information content (AvgIpc) is 2.33. The Labute approximate surface area is 108 Å². The van der Waals surface area contributed by atoms with Gasteiger partial charge in [-0.2, -0.15) is 0 Å². The first-order valence-corrected chi connectivity index (χ1v) is 6.48. The smallest absolute Gasteiger partial charge is 0.268 e. The maximum absolute atomic E-state index is 11.3. The minimum atomic E-state index is -0.216. The molecule has 0 radical (unpaired) electrons. The van der Waals surface area contributed by atoms with E-state index in [9.17, 15) is 4.79 Å². The lowest BCUT2D eigenvalue weighted by molar-refractivity contribution is 0.191. The Kier molecular flexibility index (Phi) is 3.99. The first kappa shape index (κ1) is 12.4. The van der Waals surface area contributed by atoms with Crippen molar-refractivity contribution in [3.05, 3.63) is 33.3 Å². The number of allylic oxidation sites excluding steroid dienone is 2. The van der Waals surface area contributed by atoms with Gasteiger partial charge in [-0.3, -0.25) is 4.79 Å². The van der Waals surface area contributed by atoms with E-state index >= 15 is 0 Å². The fourth-order valence-corrected chi connectivity index (χ4v) is 2.22. The third kappa shape index (κ3) is 2.97. The van der Waals surface area contributed by atoms with E-state index in [1.807, 2.05) is 0 Å². The Morgan fingerprint density at radius 3 is 3.06 bits per heavy atom. The number of ether oxygens (including phenoxy) is 1. The lowest BCUT2D eigenvalue weighted by atomic mass is 9.85. The van der Waals surface area contributed by atoms with Gasteiger partial charge < -0.3 is 9.72 Å². The third-order valence-corrected chi connectivity index (χ3v) is 3.82. The largest absolute Gasteiger partial charge is 0.476 e. The van der Waals surface area contributed by atoms with Gasteiger partial charge in [0.1, 0.15) is 4.47 Å². The van der Waals surface area contributed by atoms with E-state index in [1.165, 1.54) is 6.33 Å². The lowest BCUT2D eigenvalue weighted by Gasteiger charge is -2.24. The molecule has 1 aromatic heterocycles. The van der Waals surface area contributed by atoms with E-state index in [0.29, 0.717) is 28.8 Å². The van der Waals surface area contributed by atoms with Crippen LogP contribution >= 0.6 is 15.9 Å². The summed E-state index contributed by atoms with van der Waals surface area (Å²) in [5.74, 6) is 1.48. The summed E-state index contributed by atoms with van der Waals surface area (Å²) in [6, 6.07) is 0. The third-order valence-electron chi connectivity index (χ3n) is 3.12. The number of nitrogens with one attached hydrogen (secondary N) is 1. The Morgan fingerprint density at radius 2 is 2.29 bits per heavy atom. The van der Waals surface area contributed by atoms with Crippen molar-refractivity contribution in [1.82, 2.24) is 9.97 Å². The summed E-state index contributed by atoms with van der Waals surface area (Å²) in [5, 5.41) is 0. The van der Waals surface area contributed by atoms with E-state index < -0.39 is 0 Å². The van der Waals surface area contributed by atoms with Gasteiger partial charge in [0.2, 0.25) is 5.88 Å². The molecule has 0 fully saturated rings. The Hall–Kier alpha value is -1.10. The van der Waals surface area contributed by atoms with E-state index in [1.54, 1.807) is 0 Å². The van der Waals surface area contributed by atoms with E-state index in [-0.39, 0.29) is 5.56 Å². The summed E-state index contributed by atoms with van der Waals surface area (Å²) in [7, 11) is 0. The zero-order chi connectivity index (χ0) is 12.3. The van der Waals surface area contributed by atoms with Gasteiger partial charge in [-0.05, 0) is 40.6 Å². The fraction of sp³-hybridized carbons (Fsp3) is 0.500. The molecule has 4 nitrogen and oxygen atoms in total. The van der Waals surface area contributed by atoms with Crippen LogP contribution in [-0.4, -0.2) is 16.6 Å². The molecular weight excluding hydrogens is 284 g/mol. The van der Waals surface area contributed by atoms with Gasteiger partial charge in [-0.1, -0.05) is 19.1 Å². The molecule has 1 N–H and O–H groups in total. The van der Waals surface area contributed by atoms with Gasteiger partial charge in [0.05, 0.1) is 12.9 Å². The van der Waals surface area contributed by atoms with Gasteiger partial charge in [0, 0.05) is 0 Å². The number of aromatic amines is 1. The van der Waals surface area contributed by atoms with Crippen LogP contribution in [0.5, 0.6) is 5.88 Å². The van der Waals surface area contributed by atoms with Crippen LogP contribution in [0.2, 0.25) is 0 Å². The summed E-state index contributed by atoms with van der Waals surface area (Å²) < 4.78 is 5.98. The van der Waals surface area contributed by atoms with Crippen molar-refractivity contribution in [3.63, 3.8) is 0 Å².